The molecule has 2 aromatic carbocycles. The van der Waals surface area contributed by atoms with Gasteiger partial charge in [0.25, 0.3) is 0 Å². The standard InChI is InChI=1S/C17H19ClN2O3/c18-15-6-3-7-16(10-15)23-9-8-19-17(22)20-11-13-4-1-2-5-14(13)12-21/h1-7,10,21H,8-9,11-12H2,(H2,19,20,22). The number of benzene rings is 2. The second kappa shape index (κ2) is 9.02. The zero-order valence-corrected chi connectivity index (χ0v) is 13.3. The van der Waals surface area contributed by atoms with Crippen molar-refractivity contribution in [2.24, 2.45) is 0 Å². The van der Waals surface area contributed by atoms with Crippen molar-refractivity contribution in [2.75, 3.05) is 13.2 Å². The third-order valence-corrected chi connectivity index (χ3v) is 3.42. The molecule has 0 aromatic heterocycles. The molecule has 0 unspecified atom stereocenters. The number of halogens is 1. The Morgan fingerprint density at radius 2 is 1.87 bits per heavy atom. The van der Waals surface area contributed by atoms with Crippen LogP contribution in [0.5, 0.6) is 5.75 Å². The minimum absolute atomic E-state index is 0.0487. The summed E-state index contributed by atoms with van der Waals surface area (Å²) in [7, 11) is 0. The van der Waals surface area contributed by atoms with Gasteiger partial charge in [0.1, 0.15) is 12.4 Å². The highest BCUT2D eigenvalue weighted by Gasteiger charge is 2.03. The number of carbonyl (C=O) groups is 1. The van der Waals surface area contributed by atoms with Crippen molar-refractivity contribution in [3.63, 3.8) is 0 Å². The van der Waals surface area contributed by atoms with Crippen LogP contribution >= 0.6 is 11.6 Å². The molecule has 0 aliphatic heterocycles. The lowest BCUT2D eigenvalue weighted by Gasteiger charge is -2.11. The number of aliphatic hydroxyl groups excluding tert-OH is 1. The zero-order valence-electron chi connectivity index (χ0n) is 12.6. The van der Waals surface area contributed by atoms with Crippen LogP contribution in [0.4, 0.5) is 4.79 Å². The van der Waals surface area contributed by atoms with E-state index in [0.717, 1.165) is 11.1 Å². The molecular formula is C17H19ClN2O3. The van der Waals surface area contributed by atoms with E-state index in [4.69, 9.17) is 16.3 Å². The summed E-state index contributed by atoms with van der Waals surface area (Å²) in [4.78, 5) is 11.7. The fraction of sp³-hybridized carbons (Fsp3) is 0.235. The van der Waals surface area contributed by atoms with Gasteiger partial charge in [0.05, 0.1) is 13.2 Å². The maximum Gasteiger partial charge on any atom is 0.315 e. The van der Waals surface area contributed by atoms with Gasteiger partial charge in [-0.2, -0.15) is 0 Å². The van der Waals surface area contributed by atoms with Crippen LogP contribution in [0.3, 0.4) is 0 Å². The normalized spacial score (nSPS) is 10.2. The van der Waals surface area contributed by atoms with Crippen molar-refractivity contribution in [1.29, 1.82) is 0 Å². The van der Waals surface area contributed by atoms with E-state index in [2.05, 4.69) is 10.6 Å². The number of rotatable bonds is 7. The maximum atomic E-state index is 11.7. The number of carbonyl (C=O) groups excluding carboxylic acids is 1. The highest BCUT2D eigenvalue weighted by molar-refractivity contribution is 6.30. The van der Waals surface area contributed by atoms with Gasteiger partial charge < -0.3 is 20.5 Å². The molecule has 0 aliphatic rings. The van der Waals surface area contributed by atoms with Crippen LogP contribution in [0.15, 0.2) is 48.5 Å². The second-order valence-corrected chi connectivity index (χ2v) is 5.28. The lowest BCUT2D eigenvalue weighted by atomic mass is 10.1. The molecule has 0 saturated carbocycles. The summed E-state index contributed by atoms with van der Waals surface area (Å²) in [6.45, 7) is 1.03. The monoisotopic (exact) mass is 334 g/mol. The van der Waals surface area contributed by atoms with Gasteiger partial charge in [0.15, 0.2) is 0 Å². The Bertz CT molecular complexity index is 649. The Balaban J connectivity index is 1.67. The number of hydrogen-bond donors (Lipinski definition) is 3. The van der Waals surface area contributed by atoms with E-state index < -0.39 is 0 Å². The molecule has 5 nitrogen and oxygen atoms in total. The van der Waals surface area contributed by atoms with E-state index >= 15 is 0 Å². The fourth-order valence-electron chi connectivity index (χ4n) is 2.01. The lowest BCUT2D eigenvalue weighted by molar-refractivity contribution is 0.236. The molecule has 0 bridgehead atoms. The third kappa shape index (κ3) is 5.81. The Kier molecular flexibility index (Phi) is 6.72. The van der Waals surface area contributed by atoms with Gasteiger partial charge >= 0.3 is 6.03 Å². The van der Waals surface area contributed by atoms with E-state index in [-0.39, 0.29) is 12.6 Å². The summed E-state index contributed by atoms with van der Waals surface area (Å²) in [5, 5.41) is 15.3. The molecule has 0 radical (unpaired) electrons. The van der Waals surface area contributed by atoms with Crippen LogP contribution in [0.2, 0.25) is 5.02 Å². The number of nitrogens with one attached hydrogen (secondary N) is 2. The minimum atomic E-state index is -0.285. The Labute approximate surface area is 140 Å². The first kappa shape index (κ1) is 17.1. The number of amides is 2. The van der Waals surface area contributed by atoms with Crippen LogP contribution < -0.4 is 15.4 Å². The predicted octanol–water partition coefficient (Wildman–Crippen LogP) is 2.71. The molecule has 0 atom stereocenters. The summed E-state index contributed by atoms with van der Waals surface area (Å²) in [5.74, 6) is 0.664. The van der Waals surface area contributed by atoms with Crippen LogP contribution in [-0.4, -0.2) is 24.3 Å². The molecule has 0 fully saturated rings. The summed E-state index contributed by atoms with van der Waals surface area (Å²) < 4.78 is 5.48. The molecule has 2 rings (SSSR count). The molecular weight excluding hydrogens is 316 g/mol. The predicted molar refractivity (Wildman–Crippen MR) is 89.6 cm³/mol. The van der Waals surface area contributed by atoms with Crippen molar-refractivity contribution < 1.29 is 14.6 Å². The van der Waals surface area contributed by atoms with Gasteiger partial charge in [-0.25, -0.2) is 4.79 Å². The van der Waals surface area contributed by atoms with Crippen molar-refractivity contribution >= 4 is 17.6 Å². The zero-order chi connectivity index (χ0) is 16.5. The van der Waals surface area contributed by atoms with Gasteiger partial charge in [-0.15, -0.1) is 0 Å². The lowest BCUT2D eigenvalue weighted by Crippen LogP contribution is -2.37. The molecule has 0 aliphatic carbocycles. The molecule has 6 heteroatoms. The molecule has 2 amide bonds. The first-order chi connectivity index (χ1) is 11.2. The average molecular weight is 335 g/mol. The smallest absolute Gasteiger partial charge is 0.315 e. The highest BCUT2D eigenvalue weighted by Crippen LogP contribution is 2.16. The Morgan fingerprint density at radius 3 is 2.61 bits per heavy atom. The summed E-state index contributed by atoms with van der Waals surface area (Å²) in [6.07, 6.45) is 0. The Hall–Kier alpha value is -2.24. The quantitative estimate of drug-likeness (QED) is 0.682. The number of aliphatic hydroxyl groups is 1. The molecule has 0 saturated heterocycles. The molecule has 0 heterocycles. The van der Waals surface area contributed by atoms with Crippen LogP contribution in [0, 0.1) is 0 Å². The molecule has 3 N–H and O–H groups in total. The number of urea groups is 1. The van der Waals surface area contributed by atoms with Crippen molar-refractivity contribution in [3.8, 4) is 5.75 Å². The SMILES string of the molecule is O=C(NCCOc1cccc(Cl)c1)NCc1ccccc1CO. The van der Waals surface area contributed by atoms with Crippen LogP contribution in [0.25, 0.3) is 0 Å². The van der Waals surface area contributed by atoms with Crippen LogP contribution in [0.1, 0.15) is 11.1 Å². The maximum absolute atomic E-state index is 11.7. The fourth-order valence-corrected chi connectivity index (χ4v) is 2.19. The summed E-state index contributed by atoms with van der Waals surface area (Å²) >= 11 is 5.85. The van der Waals surface area contributed by atoms with Gasteiger partial charge in [0.2, 0.25) is 0 Å². The molecule has 0 spiro atoms. The van der Waals surface area contributed by atoms with E-state index in [9.17, 15) is 9.90 Å². The van der Waals surface area contributed by atoms with Crippen LogP contribution in [-0.2, 0) is 13.2 Å². The molecule has 122 valence electrons. The van der Waals surface area contributed by atoms with Crippen molar-refractivity contribution in [2.45, 2.75) is 13.2 Å². The largest absolute Gasteiger partial charge is 0.492 e. The average Bonchev–Trinajstić information content (AvgIpc) is 2.57. The highest BCUT2D eigenvalue weighted by atomic mass is 35.5. The second-order valence-electron chi connectivity index (χ2n) is 4.84. The van der Waals surface area contributed by atoms with Crippen molar-refractivity contribution in [1.82, 2.24) is 10.6 Å². The third-order valence-electron chi connectivity index (χ3n) is 3.18. The Morgan fingerprint density at radius 1 is 1.09 bits per heavy atom. The number of hydrogen-bond acceptors (Lipinski definition) is 3. The topological polar surface area (TPSA) is 70.6 Å². The molecule has 23 heavy (non-hydrogen) atoms. The van der Waals surface area contributed by atoms with Crippen molar-refractivity contribution in [3.05, 3.63) is 64.7 Å². The molecule has 2 aromatic rings. The van der Waals surface area contributed by atoms with E-state index in [1.165, 1.54) is 0 Å². The van der Waals surface area contributed by atoms with E-state index in [1.54, 1.807) is 24.3 Å². The first-order valence-corrected chi connectivity index (χ1v) is 7.64. The van der Waals surface area contributed by atoms with E-state index in [1.807, 2.05) is 24.3 Å². The first-order valence-electron chi connectivity index (χ1n) is 7.27. The van der Waals surface area contributed by atoms with Gasteiger partial charge in [-0.05, 0) is 29.3 Å². The number of ether oxygens (including phenoxy) is 1. The van der Waals surface area contributed by atoms with Gasteiger partial charge in [-0.1, -0.05) is 41.9 Å². The summed E-state index contributed by atoms with van der Waals surface area (Å²) in [5.41, 5.74) is 1.69. The van der Waals surface area contributed by atoms with Gasteiger partial charge in [-0.3, -0.25) is 0 Å². The van der Waals surface area contributed by atoms with E-state index in [0.29, 0.717) is 30.5 Å². The minimum Gasteiger partial charge on any atom is -0.492 e. The summed E-state index contributed by atoms with van der Waals surface area (Å²) in [6, 6.07) is 14.2. The van der Waals surface area contributed by atoms with Gasteiger partial charge in [0, 0.05) is 11.6 Å².